The molecule has 0 saturated carbocycles. The van der Waals surface area contributed by atoms with Gasteiger partial charge in [0.2, 0.25) is 0 Å². The molecule has 0 aliphatic rings. The third kappa shape index (κ3) is 4.07. The van der Waals surface area contributed by atoms with Crippen LogP contribution in [-0.4, -0.2) is 17.0 Å². The van der Waals surface area contributed by atoms with Gasteiger partial charge in [-0.15, -0.1) is 0 Å². The highest BCUT2D eigenvalue weighted by atomic mass is 127. The van der Waals surface area contributed by atoms with Crippen LogP contribution in [0, 0.1) is 16.5 Å². The number of carbonyl (C=O) groups is 2. The quantitative estimate of drug-likeness (QED) is 0.232. The van der Waals surface area contributed by atoms with E-state index >= 15 is 0 Å². The van der Waals surface area contributed by atoms with Crippen LogP contribution in [0.3, 0.4) is 0 Å². The minimum Gasteiger partial charge on any atom is -0.478 e. The Morgan fingerprint density at radius 3 is 2.32 bits per heavy atom. The maximum Gasteiger partial charge on any atom is 0.344 e. The zero-order valence-corrected chi connectivity index (χ0v) is 17.0. The SMILES string of the molecule is O=C(O)c1ccc(OC(=O)c2cc(I)cc(I)c2I)cc1F. The van der Waals surface area contributed by atoms with Gasteiger partial charge in [-0.2, -0.15) is 0 Å². The summed E-state index contributed by atoms with van der Waals surface area (Å²) >= 11 is 6.24. The van der Waals surface area contributed by atoms with Gasteiger partial charge in [0.1, 0.15) is 11.6 Å². The van der Waals surface area contributed by atoms with E-state index in [1.807, 2.05) is 28.7 Å². The van der Waals surface area contributed by atoms with Crippen LogP contribution < -0.4 is 4.74 Å². The van der Waals surface area contributed by atoms with Crippen molar-refractivity contribution in [1.82, 2.24) is 0 Å². The van der Waals surface area contributed by atoms with Crippen molar-refractivity contribution in [3.63, 3.8) is 0 Å². The minimum absolute atomic E-state index is 0.0443. The largest absolute Gasteiger partial charge is 0.478 e. The van der Waals surface area contributed by atoms with E-state index in [9.17, 15) is 14.0 Å². The first-order valence-corrected chi connectivity index (χ1v) is 8.93. The van der Waals surface area contributed by atoms with Crippen molar-refractivity contribution in [2.75, 3.05) is 0 Å². The number of rotatable bonds is 3. The molecule has 0 aromatic heterocycles. The fourth-order valence-corrected chi connectivity index (χ4v) is 3.98. The molecule has 0 heterocycles. The summed E-state index contributed by atoms with van der Waals surface area (Å²) in [4.78, 5) is 22.9. The van der Waals surface area contributed by atoms with Crippen LogP contribution in [0.4, 0.5) is 4.39 Å². The third-order valence-electron chi connectivity index (χ3n) is 2.59. The smallest absolute Gasteiger partial charge is 0.344 e. The number of carboxylic acids is 1. The lowest BCUT2D eigenvalue weighted by atomic mass is 10.2. The van der Waals surface area contributed by atoms with Crippen LogP contribution >= 0.6 is 67.8 Å². The molecular weight excluding hydrogens is 632 g/mol. The first kappa shape index (κ1) is 17.8. The van der Waals surface area contributed by atoms with E-state index in [0.717, 1.165) is 22.8 Å². The molecule has 114 valence electrons. The monoisotopic (exact) mass is 638 g/mol. The number of hydrogen-bond donors (Lipinski definition) is 1. The zero-order chi connectivity index (χ0) is 16.4. The van der Waals surface area contributed by atoms with Gasteiger partial charge in [-0.25, -0.2) is 14.0 Å². The Morgan fingerprint density at radius 1 is 1.05 bits per heavy atom. The minimum atomic E-state index is -1.38. The second-order valence-corrected chi connectivity index (χ2v) is 7.57. The average molecular weight is 638 g/mol. The molecule has 4 nitrogen and oxygen atoms in total. The second kappa shape index (κ2) is 7.38. The lowest BCUT2D eigenvalue weighted by molar-refractivity contribution is 0.0691. The molecule has 8 heteroatoms. The molecule has 0 aliphatic carbocycles. The van der Waals surface area contributed by atoms with E-state index in [1.54, 1.807) is 6.07 Å². The van der Waals surface area contributed by atoms with E-state index in [2.05, 4.69) is 45.2 Å². The average Bonchev–Trinajstić information content (AvgIpc) is 2.42. The van der Waals surface area contributed by atoms with Gasteiger partial charge in [0.15, 0.2) is 0 Å². The third-order valence-corrected chi connectivity index (χ3v) is 6.26. The summed E-state index contributed by atoms with van der Waals surface area (Å²) in [7, 11) is 0. The second-order valence-electron chi connectivity index (χ2n) is 4.09. The van der Waals surface area contributed by atoms with Crippen molar-refractivity contribution in [3.05, 3.63) is 58.0 Å². The Labute approximate surface area is 165 Å². The predicted octanol–water partition coefficient (Wildman–Crippen LogP) is 4.56. The topological polar surface area (TPSA) is 63.6 Å². The van der Waals surface area contributed by atoms with Crippen molar-refractivity contribution in [2.24, 2.45) is 0 Å². The molecule has 0 unspecified atom stereocenters. The highest BCUT2D eigenvalue weighted by Gasteiger charge is 2.17. The molecular formula is C14H6FI3O4. The number of hydrogen-bond acceptors (Lipinski definition) is 3. The van der Waals surface area contributed by atoms with Gasteiger partial charge in [-0.3, -0.25) is 0 Å². The van der Waals surface area contributed by atoms with Crippen molar-refractivity contribution in [2.45, 2.75) is 0 Å². The molecule has 2 aromatic carbocycles. The van der Waals surface area contributed by atoms with E-state index in [0.29, 0.717) is 5.56 Å². The summed E-state index contributed by atoms with van der Waals surface area (Å²) in [5, 5.41) is 8.76. The van der Waals surface area contributed by atoms with Gasteiger partial charge in [0.05, 0.1) is 11.1 Å². The molecule has 0 radical (unpaired) electrons. The number of halogens is 4. The van der Waals surface area contributed by atoms with Crippen molar-refractivity contribution >= 4 is 79.7 Å². The number of carbonyl (C=O) groups excluding carboxylic acids is 1. The van der Waals surface area contributed by atoms with Gasteiger partial charge in [-0.05, 0) is 92.0 Å². The number of benzene rings is 2. The van der Waals surface area contributed by atoms with Crippen molar-refractivity contribution in [3.8, 4) is 5.75 Å². The van der Waals surface area contributed by atoms with Crippen LogP contribution in [0.2, 0.25) is 0 Å². The lowest BCUT2D eigenvalue weighted by Gasteiger charge is -2.09. The molecule has 2 aromatic rings. The number of carboxylic acid groups (broad SMARTS) is 1. The van der Waals surface area contributed by atoms with Gasteiger partial charge in [-0.1, -0.05) is 0 Å². The van der Waals surface area contributed by atoms with Crippen LogP contribution in [0.1, 0.15) is 20.7 Å². The summed E-state index contributed by atoms with van der Waals surface area (Å²) in [5.41, 5.74) is -0.0993. The van der Waals surface area contributed by atoms with Gasteiger partial charge < -0.3 is 9.84 Å². The molecule has 0 fully saturated rings. The summed E-state index contributed by atoms with van der Waals surface area (Å²) in [6.07, 6.45) is 0. The van der Waals surface area contributed by atoms with Crippen molar-refractivity contribution in [1.29, 1.82) is 0 Å². The Kier molecular flexibility index (Phi) is 5.99. The fourth-order valence-electron chi connectivity index (χ4n) is 1.60. The predicted molar refractivity (Wildman–Crippen MR) is 103 cm³/mol. The van der Waals surface area contributed by atoms with Gasteiger partial charge in [0.25, 0.3) is 0 Å². The first-order valence-electron chi connectivity index (χ1n) is 5.69. The maximum atomic E-state index is 13.6. The van der Waals surface area contributed by atoms with E-state index in [4.69, 9.17) is 9.84 Å². The van der Waals surface area contributed by atoms with E-state index in [1.165, 1.54) is 6.07 Å². The molecule has 22 heavy (non-hydrogen) atoms. The Hall–Kier alpha value is -0.500. The Morgan fingerprint density at radius 2 is 1.73 bits per heavy atom. The van der Waals surface area contributed by atoms with Crippen LogP contribution in [0.15, 0.2) is 30.3 Å². The normalized spacial score (nSPS) is 10.4. The fraction of sp³-hybridized carbons (Fsp3) is 0. The maximum absolute atomic E-state index is 13.6. The summed E-state index contributed by atoms with van der Waals surface area (Å²) < 4.78 is 21.2. The van der Waals surface area contributed by atoms with Crippen LogP contribution in [-0.2, 0) is 0 Å². The summed E-state index contributed by atoms with van der Waals surface area (Å²) in [5.74, 6) is -3.00. The van der Waals surface area contributed by atoms with Crippen LogP contribution in [0.5, 0.6) is 5.75 Å². The molecule has 0 aliphatic heterocycles. The molecule has 0 atom stereocenters. The molecule has 1 N–H and O–H groups in total. The number of esters is 1. The Balaban J connectivity index is 2.30. The van der Waals surface area contributed by atoms with Crippen molar-refractivity contribution < 1.29 is 23.8 Å². The van der Waals surface area contributed by atoms with Gasteiger partial charge in [0, 0.05) is 16.8 Å². The molecule has 2 rings (SSSR count). The number of aromatic carboxylic acids is 1. The first-order chi connectivity index (χ1) is 10.3. The zero-order valence-electron chi connectivity index (χ0n) is 10.6. The summed E-state index contributed by atoms with van der Waals surface area (Å²) in [6, 6.07) is 6.78. The molecule has 0 saturated heterocycles. The molecule has 0 spiro atoms. The highest BCUT2D eigenvalue weighted by Crippen LogP contribution is 2.25. The molecule has 0 amide bonds. The number of ether oxygens (including phenoxy) is 1. The molecule has 0 bridgehead atoms. The Bertz CT molecular complexity index is 777. The van der Waals surface area contributed by atoms with E-state index < -0.39 is 23.3 Å². The van der Waals surface area contributed by atoms with E-state index in [-0.39, 0.29) is 5.75 Å². The van der Waals surface area contributed by atoms with Gasteiger partial charge >= 0.3 is 11.9 Å². The highest BCUT2D eigenvalue weighted by molar-refractivity contribution is 14.1. The standard InChI is InChI=1S/C14H6FI3O4/c15-10-5-7(1-2-8(10)13(19)20)22-14(21)9-3-6(16)4-11(17)12(9)18/h1-5H,(H,19,20). The van der Waals surface area contributed by atoms with Crippen LogP contribution in [0.25, 0.3) is 0 Å². The summed E-state index contributed by atoms with van der Waals surface area (Å²) in [6.45, 7) is 0. The lowest BCUT2D eigenvalue weighted by Crippen LogP contribution is -2.12.